The normalized spacial score (nSPS) is 43.3. The van der Waals surface area contributed by atoms with Crippen LogP contribution in [0.1, 0.15) is 46.0 Å². The van der Waals surface area contributed by atoms with Crippen LogP contribution in [0.2, 0.25) is 0 Å². The van der Waals surface area contributed by atoms with E-state index in [1.54, 1.807) is 23.7 Å². The second-order valence-corrected chi connectivity index (χ2v) is 8.32. The summed E-state index contributed by atoms with van der Waals surface area (Å²) in [5.41, 5.74) is 0. The maximum Gasteiger partial charge on any atom is 0.240 e. The highest BCUT2D eigenvalue weighted by Gasteiger charge is 2.64. The van der Waals surface area contributed by atoms with E-state index in [0.29, 0.717) is 17.0 Å². The predicted octanol–water partition coefficient (Wildman–Crippen LogP) is 2.14. The van der Waals surface area contributed by atoms with E-state index in [0.717, 1.165) is 11.8 Å². The molecule has 21 heavy (non-hydrogen) atoms. The van der Waals surface area contributed by atoms with Crippen LogP contribution in [0.4, 0.5) is 0 Å². The summed E-state index contributed by atoms with van der Waals surface area (Å²) >= 11 is 1.64. The van der Waals surface area contributed by atoms with E-state index in [1.807, 2.05) is 0 Å². The number of hydrogen-bond acceptors (Lipinski definition) is 4. The number of carbonyl (C=O) groups excluding carboxylic acids is 2. The molecule has 2 amide bonds. The van der Waals surface area contributed by atoms with Crippen LogP contribution < -0.4 is 5.32 Å². The lowest BCUT2D eigenvalue weighted by molar-refractivity contribution is -0.145. The summed E-state index contributed by atoms with van der Waals surface area (Å²) in [7, 11) is 0. The van der Waals surface area contributed by atoms with Gasteiger partial charge in [-0.05, 0) is 55.8 Å². The monoisotopic (exact) mass is 307 g/mol. The first-order chi connectivity index (χ1) is 9.99. The van der Waals surface area contributed by atoms with E-state index in [-0.39, 0.29) is 16.7 Å². The molecule has 0 aromatic heterocycles. The molecule has 0 unspecified atom stereocenters. The molecular formula is C15H21N3O2S. The first-order valence-corrected chi connectivity index (χ1v) is 8.66. The van der Waals surface area contributed by atoms with E-state index < -0.39 is 0 Å². The molecule has 1 spiro atoms. The van der Waals surface area contributed by atoms with Crippen LogP contribution in [0.5, 0.6) is 0 Å². The Balaban J connectivity index is 1.70. The van der Waals surface area contributed by atoms with Crippen molar-refractivity contribution in [2.24, 2.45) is 28.8 Å². The minimum atomic E-state index is -0.225. The zero-order valence-corrected chi connectivity index (χ0v) is 13.3. The molecule has 0 aromatic carbocycles. The van der Waals surface area contributed by atoms with Gasteiger partial charge in [-0.25, -0.2) is 5.01 Å². The van der Waals surface area contributed by atoms with E-state index >= 15 is 0 Å². The molecule has 5 rings (SSSR count). The van der Waals surface area contributed by atoms with Gasteiger partial charge in [0.25, 0.3) is 0 Å². The SMILES string of the molecule is CC(=O)NC1=NN(C(C)=O)C2(S1)C1CC3CC(C1)CC2C3. The van der Waals surface area contributed by atoms with Crippen LogP contribution in [-0.4, -0.2) is 26.9 Å². The van der Waals surface area contributed by atoms with Crippen LogP contribution >= 0.6 is 11.8 Å². The maximum atomic E-state index is 12.2. The summed E-state index contributed by atoms with van der Waals surface area (Å²) in [5, 5.41) is 9.55. The topological polar surface area (TPSA) is 61.8 Å². The van der Waals surface area contributed by atoms with E-state index in [4.69, 9.17) is 0 Å². The smallest absolute Gasteiger partial charge is 0.240 e. The van der Waals surface area contributed by atoms with Crippen molar-refractivity contribution in [1.82, 2.24) is 10.3 Å². The molecule has 0 atom stereocenters. The fourth-order valence-electron chi connectivity index (χ4n) is 5.28. The number of nitrogens with one attached hydrogen (secondary N) is 1. The third kappa shape index (κ3) is 1.87. The number of hydrazone groups is 1. The molecule has 1 N–H and O–H groups in total. The molecule has 4 fully saturated rings. The van der Waals surface area contributed by atoms with E-state index in [9.17, 15) is 9.59 Å². The highest BCUT2D eigenvalue weighted by atomic mass is 32.2. The molecule has 0 saturated heterocycles. The van der Waals surface area contributed by atoms with Crippen molar-refractivity contribution in [3.63, 3.8) is 0 Å². The number of hydrogen-bond donors (Lipinski definition) is 1. The van der Waals surface area contributed by atoms with Crippen LogP contribution in [0.3, 0.4) is 0 Å². The first-order valence-electron chi connectivity index (χ1n) is 7.85. The Hall–Kier alpha value is -1.04. The molecule has 0 radical (unpaired) electrons. The minimum Gasteiger partial charge on any atom is -0.304 e. The van der Waals surface area contributed by atoms with Gasteiger partial charge in [-0.2, -0.15) is 0 Å². The highest BCUT2D eigenvalue weighted by Crippen LogP contribution is 2.65. The fourth-order valence-corrected chi connectivity index (χ4v) is 6.88. The second kappa shape index (κ2) is 4.48. The Morgan fingerprint density at radius 2 is 1.71 bits per heavy atom. The summed E-state index contributed by atoms with van der Waals surface area (Å²) in [5.74, 6) is 2.62. The molecule has 4 aliphatic carbocycles. The summed E-state index contributed by atoms with van der Waals surface area (Å²) in [6, 6.07) is 0. The summed E-state index contributed by atoms with van der Waals surface area (Å²) in [6.45, 7) is 3.08. The van der Waals surface area contributed by atoms with Gasteiger partial charge in [0, 0.05) is 13.8 Å². The Labute approximate surface area is 128 Å². The lowest BCUT2D eigenvalue weighted by atomic mass is 9.53. The van der Waals surface area contributed by atoms with Crippen LogP contribution in [0.15, 0.2) is 5.10 Å². The Morgan fingerprint density at radius 3 is 2.19 bits per heavy atom. The molecule has 5 aliphatic rings. The fraction of sp³-hybridized carbons (Fsp3) is 0.800. The van der Waals surface area contributed by atoms with Crippen molar-refractivity contribution in [3.8, 4) is 0 Å². The number of carbonyl (C=O) groups is 2. The van der Waals surface area contributed by atoms with Crippen LogP contribution in [0.25, 0.3) is 0 Å². The molecule has 4 saturated carbocycles. The standard InChI is InChI=1S/C15H21N3O2S/c1-8(19)16-14-17-18(9(2)20)15(21-14)12-4-10-3-11(6-12)7-13(15)5-10/h10-13H,3-7H2,1-2H3,(H,16,17,19). The molecule has 0 aromatic rings. The van der Waals surface area contributed by atoms with Crippen LogP contribution in [-0.2, 0) is 9.59 Å². The van der Waals surface area contributed by atoms with Crippen molar-refractivity contribution < 1.29 is 9.59 Å². The van der Waals surface area contributed by atoms with Crippen molar-refractivity contribution in [3.05, 3.63) is 0 Å². The van der Waals surface area contributed by atoms with Gasteiger partial charge in [-0.3, -0.25) is 9.59 Å². The summed E-state index contributed by atoms with van der Waals surface area (Å²) in [4.78, 5) is 23.3. The number of rotatable bonds is 0. The number of amidine groups is 1. The largest absolute Gasteiger partial charge is 0.304 e. The Morgan fingerprint density at radius 1 is 1.14 bits per heavy atom. The van der Waals surface area contributed by atoms with Crippen molar-refractivity contribution in [2.45, 2.75) is 50.8 Å². The quantitative estimate of drug-likeness (QED) is 0.746. The van der Waals surface area contributed by atoms with E-state index in [2.05, 4.69) is 10.4 Å². The molecule has 6 heteroatoms. The van der Waals surface area contributed by atoms with Gasteiger partial charge in [-0.15, -0.1) is 5.10 Å². The lowest BCUT2D eigenvalue weighted by Gasteiger charge is -2.60. The molecule has 5 nitrogen and oxygen atoms in total. The Kier molecular flexibility index (Phi) is 2.90. The van der Waals surface area contributed by atoms with Crippen molar-refractivity contribution >= 4 is 28.7 Å². The minimum absolute atomic E-state index is 0.00433. The zero-order chi connectivity index (χ0) is 14.8. The maximum absolute atomic E-state index is 12.2. The van der Waals surface area contributed by atoms with Gasteiger partial charge in [0.1, 0.15) is 4.87 Å². The van der Waals surface area contributed by atoms with Crippen molar-refractivity contribution in [2.75, 3.05) is 0 Å². The zero-order valence-electron chi connectivity index (χ0n) is 12.5. The predicted molar refractivity (Wildman–Crippen MR) is 81.1 cm³/mol. The Bertz CT molecular complexity index is 517. The number of nitrogens with zero attached hydrogens (tertiary/aromatic N) is 2. The molecule has 114 valence electrons. The average Bonchev–Trinajstić information content (AvgIpc) is 2.75. The van der Waals surface area contributed by atoms with Gasteiger partial charge in [0.05, 0.1) is 0 Å². The average molecular weight is 307 g/mol. The molecule has 4 bridgehead atoms. The van der Waals surface area contributed by atoms with Gasteiger partial charge >= 0.3 is 0 Å². The van der Waals surface area contributed by atoms with Crippen LogP contribution in [0, 0.1) is 23.7 Å². The van der Waals surface area contributed by atoms with Gasteiger partial charge in [0.2, 0.25) is 11.8 Å². The molecule has 1 heterocycles. The highest BCUT2D eigenvalue weighted by molar-refractivity contribution is 8.15. The lowest BCUT2D eigenvalue weighted by Crippen LogP contribution is -2.62. The van der Waals surface area contributed by atoms with Crippen molar-refractivity contribution in [1.29, 1.82) is 0 Å². The summed E-state index contributed by atoms with van der Waals surface area (Å²) < 4.78 is 0. The molecular weight excluding hydrogens is 286 g/mol. The third-order valence-corrected chi connectivity index (χ3v) is 7.21. The third-order valence-electron chi connectivity index (χ3n) is 5.67. The van der Waals surface area contributed by atoms with E-state index in [1.165, 1.54) is 39.0 Å². The van der Waals surface area contributed by atoms with Gasteiger partial charge in [-0.1, -0.05) is 11.8 Å². The second-order valence-electron chi connectivity index (χ2n) is 7.08. The summed E-state index contributed by atoms with van der Waals surface area (Å²) in [6.07, 6.45) is 6.24. The number of amides is 2. The number of thioether (sulfide) groups is 1. The molecule has 1 aliphatic heterocycles. The van der Waals surface area contributed by atoms with Gasteiger partial charge < -0.3 is 5.32 Å². The van der Waals surface area contributed by atoms with Gasteiger partial charge in [0.15, 0.2) is 5.17 Å². The first kappa shape index (κ1) is 13.6.